The standard InChI is InChI=1S/C12H11N3/c1-12(2,13-3)11-5-4-9-7-14-15-8-10(9)6-11/h4-8H,1-2H3. The van der Waals surface area contributed by atoms with Crippen molar-refractivity contribution in [2.45, 2.75) is 19.4 Å². The maximum absolute atomic E-state index is 7.15. The van der Waals surface area contributed by atoms with Crippen molar-refractivity contribution in [3.63, 3.8) is 0 Å². The number of hydrogen-bond donors (Lipinski definition) is 0. The average Bonchev–Trinajstić information content (AvgIpc) is 2.28. The number of rotatable bonds is 1. The summed E-state index contributed by atoms with van der Waals surface area (Å²) in [6.45, 7) is 11.0. The monoisotopic (exact) mass is 197 g/mol. The molecule has 0 atom stereocenters. The van der Waals surface area contributed by atoms with Gasteiger partial charge >= 0.3 is 0 Å². The second-order valence-electron chi connectivity index (χ2n) is 4.00. The van der Waals surface area contributed by atoms with E-state index in [1.165, 1.54) is 0 Å². The summed E-state index contributed by atoms with van der Waals surface area (Å²) in [5.74, 6) is 0. The van der Waals surface area contributed by atoms with Crippen LogP contribution in [0.25, 0.3) is 15.6 Å². The second kappa shape index (κ2) is 3.32. The Balaban J connectivity index is 2.63. The zero-order valence-electron chi connectivity index (χ0n) is 8.73. The molecule has 0 aliphatic heterocycles. The molecule has 1 aromatic heterocycles. The Morgan fingerprint density at radius 3 is 2.47 bits per heavy atom. The van der Waals surface area contributed by atoms with Crippen molar-refractivity contribution in [1.29, 1.82) is 0 Å². The van der Waals surface area contributed by atoms with Gasteiger partial charge in [-0.15, -0.1) is 0 Å². The minimum atomic E-state index is -0.475. The van der Waals surface area contributed by atoms with Crippen molar-refractivity contribution in [3.8, 4) is 0 Å². The first-order valence-electron chi connectivity index (χ1n) is 4.73. The van der Waals surface area contributed by atoms with Crippen molar-refractivity contribution < 1.29 is 0 Å². The summed E-state index contributed by atoms with van der Waals surface area (Å²) in [5, 5.41) is 9.73. The van der Waals surface area contributed by atoms with Crippen LogP contribution in [0.4, 0.5) is 0 Å². The highest BCUT2D eigenvalue weighted by molar-refractivity contribution is 5.81. The molecule has 2 rings (SSSR count). The highest BCUT2D eigenvalue weighted by Crippen LogP contribution is 2.27. The molecule has 2 aromatic rings. The van der Waals surface area contributed by atoms with E-state index >= 15 is 0 Å². The minimum Gasteiger partial charge on any atom is -0.306 e. The molecule has 0 spiro atoms. The highest BCUT2D eigenvalue weighted by Gasteiger charge is 2.25. The summed E-state index contributed by atoms with van der Waals surface area (Å²) in [6.07, 6.45) is 3.45. The van der Waals surface area contributed by atoms with Crippen LogP contribution in [0.2, 0.25) is 0 Å². The van der Waals surface area contributed by atoms with Crippen LogP contribution in [0.3, 0.4) is 0 Å². The Bertz CT molecular complexity index is 538. The highest BCUT2D eigenvalue weighted by atomic mass is 15.1. The van der Waals surface area contributed by atoms with Gasteiger partial charge in [0.15, 0.2) is 0 Å². The molecule has 3 nitrogen and oxygen atoms in total. The Kier molecular flexibility index (Phi) is 2.12. The van der Waals surface area contributed by atoms with Crippen LogP contribution in [0, 0.1) is 6.57 Å². The molecule has 1 heterocycles. The molecule has 0 aliphatic carbocycles. The van der Waals surface area contributed by atoms with E-state index < -0.39 is 5.54 Å². The Morgan fingerprint density at radius 1 is 1.13 bits per heavy atom. The summed E-state index contributed by atoms with van der Waals surface area (Å²) in [4.78, 5) is 3.61. The van der Waals surface area contributed by atoms with Crippen LogP contribution in [0.5, 0.6) is 0 Å². The van der Waals surface area contributed by atoms with E-state index in [0.29, 0.717) is 0 Å². The maximum atomic E-state index is 7.15. The number of nitrogens with zero attached hydrogens (tertiary/aromatic N) is 3. The van der Waals surface area contributed by atoms with Gasteiger partial charge in [0.2, 0.25) is 0 Å². The predicted molar refractivity (Wildman–Crippen MR) is 59.2 cm³/mol. The first-order chi connectivity index (χ1) is 7.13. The van der Waals surface area contributed by atoms with Crippen molar-refractivity contribution in [1.82, 2.24) is 10.2 Å². The van der Waals surface area contributed by atoms with Gasteiger partial charge in [-0.1, -0.05) is 12.1 Å². The van der Waals surface area contributed by atoms with Gasteiger partial charge in [0, 0.05) is 30.2 Å². The molecule has 3 heteroatoms. The first kappa shape index (κ1) is 9.60. The SMILES string of the molecule is [C-]#[N+]C(C)(C)c1ccc2cnncc2c1. The molecule has 0 amide bonds. The molecule has 0 bridgehead atoms. The van der Waals surface area contributed by atoms with Crippen LogP contribution < -0.4 is 0 Å². The molecule has 0 saturated carbocycles. The third kappa shape index (κ3) is 1.66. The van der Waals surface area contributed by atoms with E-state index in [-0.39, 0.29) is 0 Å². The van der Waals surface area contributed by atoms with Crippen LogP contribution in [-0.2, 0) is 5.54 Å². The molecular weight excluding hydrogens is 186 g/mol. The topological polar surface area (TPSA) is 30.1 Å². The lowest BCUT2D eigenvalue weighted by Gasteiger charge is -2.11. The number of fused-ring (bicyclic) bond motifs is 1. The lowest BCUT2D eigenvalue weighted by atomic mass is 9.94. The molecule has 0 N–H and O–H groups in total. The smallest absolute Gasteiger partial charge is 0.252 e. The number of aromatic nitrogens is 2. The van der Waals surface area contributed by atoms with Gasteiger partial charge in [-0.2, -0.15) is 10.2 Å². The van der Waals surface area contributed by atoms with Gasteiger partial charge in [0.1, 0.15) is 0 Å². The summed E-state index contributed by atoms with van der Waals surface area (Å²) in [7, 11) is 0. The molecule has 0 unspecified atom stereocenters. The van der Waals surface area contributed by atoms with Gasteiger partial charge in [-0.25, -0.2) is 6.57 Å². The lowest BCUT2D eigenvalue weighted by molar-refractivity contribution is 0.665. The molecule has 0 saturated heterocycles. The predicted octanol–water partition coefficient (Wildman–Crippen LogP) is 2.78. The van der Waals surface area contributed by atoms with Crippen molar-refractivity contribution in [3.05, 3.63) is 47.6 Å². The zero-order chi connectivity index (χ0) is 10.9. The Morgan fingerprint density at radius 2 is 1.80 bits per heavy atom. The Hall–Kier alpha value is -1.95. The number of hydrogen-bond acceptors (Lipinski definition) is 2. The van der Waals surface area contributed by atoms with Gasteiger partial charge in [-0.3, -0.25) is 0 Å². The third-order valence-electron chi connectivity index (χ3n) is 2.53. The van der Waals surface area contributed by atoms with Gasteiger partial charge in [-0.05, 0) is 6.07 Å². The Labute approximate surface area is 88.6 Å². The molecule has 0 fully saturated rings. The van der Waals surface area contributed by atoms with E-state index in [0.717, 1.165) is 16.3 Å². The molecular formula is C12H11N3. The van der Waals surface area contributed by atoms with Crippen LogP contribution in [0.15, 0.2) is 30.6 Å². The molecule has 0 radical (unpaired) electrons. The maximum Gasteiger partial charge on any atom is 0.252 e. The summed E-state index contributed by atoms with van der Waals surface area (Å²) >= 11 is 0. The quantitative estimate of drug-likeness (QED) is 0.658. The van der Waals surface area contributed by atoms with Crippen LogP contribution >= 0.6 is 0 Å². The van der Waals surface area contributed by atoms with E-state index in [9.17, 15) is 0 Å². The second-order valence-corrected chi connectivity index (χ2v) is 4.00. The van der Waals surface area contributed by atoms with Gasteiger partial charge in [0.05, 0.1) is 12.4 Å². The van der Waals surface area contributed by atoms with E-state index in [4.69, 9.17) is 6.57 Å². The summed E-state index contributed by atoms with van der Waals surface area (Å²) in [6, 6.07) is 5.95. The van der Waals surface area contributed by atoms with E-state index in [1.54, 1.807) is 12.4 Å². The molecule has 74 valence electrons. The molecule has 1 aromatic carbocycles. The fraction of sp³-hybridized carbons (Fsp3) is 0.250. The average molecular weight is 197 g/mol. The van der Waals surface area contributed by atoms with E-state index in [1.807, 2.05) is 32.0 Å². The molecule has 15 heavy (non-hydrogen) atoms. The summed E-state index contributed by atoms with van der Waals surface area (Å²) < 4.78 is 0. The first-order valence-corrected chi connectivity index (χ1v) is 4.73. The largest absolute Gasteiger partial charge is 0.306 e. The van der Waals surface area contributed by atoms with E-state index in [2.05, 4.69) is 15.0 Å². The third-order valence-corrected chi connectivity index (χ3v) is 2.53. The fourth-order valence-electron chi connectivity index (χ4n) is 1.44. The fourth-order valence-corrected chi connectivity index (χ4v) is 1.44. The normalized spacial score (nSPS) is 11.3. The van der Waals surface area contributed by atoms with Crippen molar-refractivity contribution in [2.24, 2.45) is 0 Å². The van der Waals surface area contributed by atoms with Crippen LogP contribution in [0.1, 0.15) is 19.4 Å². The zero-order valence-corrected chi connectivity index (χ0v) is 8.73. The van der Waals surface area contributed by atoms with Crippen molar-refractivity contribution >= 4 is 10.8 Å². The van der Waals surface area contributed by atoms with Crippen LogP contribution in [-0.4, -0.2) is 10.2 Å². The van der Waals surface area contributed by atoms with Gasteiger partial charge < -0.3 is 4.85 Å². The van der Waals surface area contributed by atoms with Crippen molar-refractivity contribution in [2.75, 3.05) is 0 Å². The molecule has 0 aliphatic rings. The minimum absolute atomic E-state index is 0.475. The number of benzene rings is 1. The van der Waals surface area contributed by atoms with Gasteiger partial charge in [0.25, 0.3) is 5.54 Å². The lowest BCUT2D eigenvalue weighted by Crippen LogP contribution is -2.10. The summed E-state index contributed by atoms with van der Waals surface area (Å²) in [5.41, 5.74) is 0.537.